The summed E-state index contributed by atoms with van der Waals surface area (Å²) in [5.74, 6) is -0.221. The SMILES string of the molecule is CC(C)(C)OC(=O)N1CC2(CCN(c3ccc4c(c3)COC4=O)CC2)C1. The van der Waals surface area contributed by atoms with Gasteiger partial charge in [-0.3, -0.25) is 0 Å². The Balaban J connectivity index is 1.33. The van der Waals surface area contributed by atoms with E-state index in [2.05, 4.69) is 11.0 Å². The Morgan fingerprint density at radius 1 is 1.19 bits per heavy atom. The molecule has 26 heavy (non-hydrogen) atoms. The van der Waals surface area contributed by atoms with E-state index < -0.39 is 5.60 Å². The molecule has 0 saturated carbocycles. The summed E-state index contributed by atoms with van der Waals surface area (Å²) >= 11 is 0. The normalized spacial score (nSPS) is 21.3. The molecule has 0 bridgehead atoms. The molecule has 1 aromatic rings. The molecular weight excluding hydrogens is 332 g/mol. The number of amides is 1. The molecule has 0 unspecified atom stereocenters. The van der Waals surface area contributed by atoms with Gasteiger partial charge in [0.2, 0.25) is 0 Å². The van der Waals surface area contributed by atoms with Crippen molar-refractivity contribution in [1.82, 2.24) is 4.90 Å². The van der Waals surface area contributed by atoms with E-state index in [9.17, 15) is 9.59 Å². The van der Waals surface area contributed by atoms with Crippen molar-refractivity contribution in [2.45, 2.75) is 45.8 Å². The maximum atomic E-state index is 12.1. The van der Waals surface area contributed by atoms with Gasteiger partial charge in [0.05, 0.1) is 5.56 Å². The number of hydrogen-bond donors (Lipinski definition) is 0. The third kappa shape index (κ3) is 3.13. The van der Waals surface area contributed by atoms with Crippen molar-refractivity contribution in [3.8, 4) is 0 Å². The van der Waals surface area contributed by atoms with Gasteiger partial charge in [-0.1, -0.05) is 0 Å². The standard InChI is InChI=1S/C20H26N2O4/c1-19(2,3)26-18(24)22-12-20(13-22)6-8-21(9-7-20)15-4-5-16-14(10-15)11-25-17(16)23/h4-5,10H,6-9,11-13H2,1-3H3. The zero-order valence-electron chi connectivity index (χ0n) is 15.7. The van der Waals surface area contributed by atoms with Crippen molar-refractivity contribution < 1.29 is 19.1 Å². The number of benzene rings is 1. The van der Waals surface area contributed by atoms with Gasteiger partial charge >= 0.3 is 12.1 Å². The number of carbonyl (C=O) groups excluding carboxylic acids is 2. The Morgan fingerprint density at radius 3 is 2.54 bits per heavy atom. The number of ether oxygens (including phenoxy) is 2. The lowest BCUT2D eigenvalue weighted by Gasteiger charge is -2.54. The van der Waals surface area contributed by atoms with Crippen molar-refractivity contribution in [3.05, 3.63) is 29.3 Å². The topological polar surface area (TPSA) is 59.1 Å². The quantitative estimate of drug-likeness (QED) is 0.722. The van der Waals surface area contributed by atoms with Crippen LogP contribution in [0.5, 0.6) is 0 Å². The van der Waals surface area contributed by atoms with Crippen LogP contribution in [0.15, 0.2) is 18.2 Å². The summed E-state index contributed by atoms with van der Waals surface area (Å²) in [4.78, 5) is 27.9. The number of piperidine rings is 1. The summed E-state index contributed by atoms with van der Waals surface area (Å²) in [5.41, 5.74) is 2.62. The molecule has 0 aromatic heterocycles. The third-order valence-electron chi connectivity index (χ3n) is 5.56. The molecular formula is C20H26N2O4. The van der Waals surface area contributed by atoms with E-state index in [4.69, 9.17) is 9.47 Å². The molecule has 0 atom stereocenters. The third-order valence-corrected chi connectivity index (χ3v) is 5.56. The zero-order valence-corrected chi connectivity index (χ0v) is 15.7. The van der Waals surface area contributed by atoms with Crippen LogP contribution < -0.4 is 4.90 Å². The molecule has 3 heterocycles. The van der Waals surface area contributed by atoms with Crippen LogP contribution in [0.25, 0.3) is 0 Å². The molecule has 0 aliphatic carbocycles. The van der Waals surface area contributed by atoms with Crippen molar-refractivity contribution in [2.24, 2.45) is 5.41 Å². The summed E-state index contributed by atoms with van der Waals surface area (Å²) in [7, 11) is 0. The largest absolute Gasteiger partial charge is 0.457 e. The first-order chi connectivity index (χ1) is 12.2. The van der Waals surface area contributed by atoms with Crippen LogP contribution in [0.3, 0.4) is 0 Å². The first-order valence-electron chi connectivity index (χ1n) is 9.28. The second-order valence-corrected chi connectivity index (χ2v) is 8.74. The summed E-state index contributed by atoms with van der Waals surface area (Å²) in [6, 6.07) is 5.96. The molecule has 1 aromatic carbocycles. The predicted octanol–water partition coefficient (Wildman–Crippen LogP) is 3.19. The number of anilines is 1. The Kier molecular flexibility index (Phi) is 3.90. The molecule has 3 aliphatic heterocycles. The molecule has 1 amide bonds. The highest BCUT2D eigenvalue weighted by molar-refractivity contribution is 5.93. The lowest BCUT2D eigenvalue weighted by atomic mass is 9.72. The van der Waals surface area contributed by atoms with Crippen molar-refractivity contribution in [2.75, 3.05) is 31.1 Å². The minimum absolute atomic E-state index is 0.200. The van der Waals surface area contributed by atoms with E-state index in [-0.39, 0.29) is 17.5 Å². The van der Waals surface area contributed by atoms with Gasteiger partial charge in [-0.15, -0.1) is 0 Å². The van der Waals surface area contributed by atoms with Crippen LogP contribution in [0.2, 0.25) is 0 Å². The number of rotatable bonds is 1. The van der Waals surface area contributed by atoms with Crippen LogP contribution >= 0.6 is 0 Å². The van der Waals surface area contributed by atoms with Crippen LogP contribution in [0, 0.1) is 5.41 Å². The van der Waals surface area contributed by atoms with Crippen molar-refractivity contribution in [3.63, 3.8) is 0 Å². The summed E-state index contributed by atoms with van der Waals surface area (Å²) in [5, 5.41) is 0. The fourth-order valence-corrected chi connectivity index (χ4v) is 4.09. The Morgan fingerprint density at radius 2 is 1.88 bits per heavy atom. The zero-order chi connectivity index (χ0) is 18.5. The maximum Gasteiger partial charge on any atom is 0.410 e. The van der Waals surface area contributed by atoms with E-state index in [1.54, 1.807) is 0 Å². The Bertz CT molecular complexity index is 737. The fourth-order valence-electron chi connectivity index (χ4n) is 4.09. The van der Waals surface area contributed by atoms with Gasteiger partial charge < -0.3 is 19.3 Å². The molecule has 1 spiro atoms. The van der Waals surface area contributed by atoms with Gasteiger partial charge in [-0.25, -0.2) is 9.59 Å². The molecule has 4 rings (SSSR count). The number of hydrogen-bond acceptors (Lipinski definition) is 5. The molecule has 140 valence electrons. The monoisotopic (exact) mass is 358 g/mol. The Hall–Kier alpha value is -2.24. The van der Waals surface area contributed by atoms with Gasteiger partial charge in [-0.05, 0) is 51.8 Å². The average molecular weight is 358 g/mol. The van der Waals surface area contributed by atoms with Crippen LogP contribution in [-0.4, -0.2) is 48.7 Å². The van der Waals surface area contributed by atoms with Crippen molar-refractivity contribution >= 4 is 17.7 Å². The average Bonchev–Trinajstić information content (AvgIpc) is 2.92. The summed E-state index contributed by atoms with van der Waals surface area (Å²) < 4.78 is 10.5. The second-order valence-electron chi connectivity index (χ2n) is 8.74. The smallest absolute Gasteiger partial charge is 0.410 e. The first kappa shape index (κ1) is 17.2. The highest BCUT2D eigenvalue weighted by Crippen LogP contribution is 2.42. The number of nitrogens with zero attached hydrogens (tertiary/aromatic N) is 2. The van der Waals surface area contributed by atoms with Crippen molar-refractivity contribution in [1.29, 1.82) is 0 Å². The van der Waals surface area contributed by atoms with Gasteiger partial charge in [0.15, 0.2) is 0 Å². The van der Waals surface area contributed by atoms with Gasteiger partial charge in [-0.2, -0.15) is 0 Å². The molecule has 2 fully saturated rings. The Labute approximate surface area is 154 Å². The molecule has 6 nitrogen and oxygen atoms in total. The van der Waals surface area contributed by atoms with E-state index >= 15 is 0 Å². The van der Waals surface area contributed by atoms with Gasteiger partial charge in [0, 0.05) is 42.8 Å². The van der Waals surface area contributed by atoms with Gasteiger partial charge in [0.25, 0.3) is 0 Å². The maximum absolute atomic E-state index is 12.1. The second kappa shape index (κ2) is 5.89. The summed E-state index contributed by atoms with van der Waals surface area (Å²) in [6.45, 7) is 9.59. The molecule has 2 saturated heterocycles. The lowest BCUT2D eigenvalue weighted by molar-refractivity contribution is -0.0434. The van der Waals surface area contributed by atoms with E-state index in [0.717, 1.165) is 50.3 Å². The minimum Gasteiger partial charge on any atom is -0.457 e. The number of carbonyl (C=O) groups is 2. The predicted molar refractivity (Wildman–Crippen MR) is 97.2 cm³/mol. The van der Waals surface area contributed by atoms with Crippen LogP contribution in [0.1, 0.15) is 49.5 Å². The van der Waals surface area contributed by atoms with Crippen LogP contribution in [-0.2, 0) is 16.1 Å². The molecule has 0 N–H and O–H groups in total. The lowest BCUT2D eigenvalue weighted by Crippen LogP contribution is -2.62. The number of likely N-dealkylation sites (tertiary alicyclic amines) is 1. The minimum atomic E-state index is -0.443. The van der Waals surface area contributed by atoms with E-state index in [1.165, 1.54) is 0 Å². The molecule has 6 heteroatoms. The molecule has 0 radical (unpaired) electrons. The molecule has 3 aliphatic rings. The number of esters is 1. The highest BCUT2D eigenvalue weighted by atomic mass is 16.6. The highest BCUT2D eigenvalue weighted by Gasteiger charge is 2.47. The number of fused-ring (bicyclic) bond motifs is 1. The fraction of sp³-hybridized carbons (Fsp3) is 0.600. The van der Waals surface area contributed by atoms with Crippen LogP contribution in [0.4, 0.5) is 10.5 Å². The summed E-state index contributed by atoms with van der Waals surface area (Å²) in [6.07, 6.45) is 1.94. The van der Waals surface area contributed by atoms with E-state index in [1.807, 2.05) is 37.8 Å². The number of cyclic esters (lactones) is 1. The van der Waals surface area contributed by atoms with E-state index in [0.29, 0.717) is 12.2 Å². The first-order valence-corrected chi connectivity index (χ1v) is 9.28. The van der Waals surface area contributed by atoms with Gasteiger partial charge in [0.1, 0.15) is 12.2 Å².